The van der Waals surface area contributed by atoms with Gasteiger partial charge in [0.25, 0.3) is 5.91 Å². The number of anilines is 1. The average Bonchev–Trinajstić information content (AvgIpc) is 2.67. The van der Waals surface area contributed by atoms with Gasteiger partial charge in [-0.3, -0.25) is 4.79 Å². The van der Waals surface area contributed by atoms with Crippen LogP contribution >= 0.6 is 0 Å². The van der Waals surface area contributed by atoms with Gasteiger partial charge in [-0.1, -0.05) is 48.6 Å². The Hall–Kier alpha value is -3.80. The van der Waals surface area contributed by atoms with Crippen molar-refractivity contribution in [3.8, 4) is 0 Å². The van der Waals surface area contributed by atoms with Gasteiger partial charge in [-0.15, -0.1) is 0 Å². The van der Waals surface area contributed by atoms with E-state index < -0.39 is 29.1 Å². The van der Waals surface area contributed by atoms with Crippen LogP contribution in [0.25, 0.3) is 12.2 Å². The molecule has 3 aromatic carbocycles. The molecule has 3 aromatic rings. The van der Waals surface area contributed by atoms with Crippen molar-refractivity contribution in [1.82, 2.24) is 0 Å². The zero-order chi connectivity index (χ0) is 20.1. The monoisotopic (exact) mass is 379 g/mol. The zero-order valence-corrected chi connectivity index (χ0v) is 14.5. The maximum atomic E-state index is 13.8. The number of halogens is 2. The number of aromatic carboxylic acids is 1. The maximum absolute atomic E-state index is 13.8. The largest absolute Gasteiger partial charge is 0.478 e. The quantitative estimate of drug-likeness (QED) is 0.607. The van der Waals surface area contributed by atoms with E-state index in [2.05, 4.69) is 5.32 Å². The minimum Gasteiger partial charge on any atom is -0.478 e. The van der Waals surface area contributed by atoms with Crippen molar-refractivity contribution in [2.45, 2.75) is 0 Å². The van der Waals surface area contributed by atoms with E-state index >= 15 is 0 Å². The molecule has 0 aromatic heterocycles. The minimum absolute atomic E-state index is 0.178. The standard InChI is InChI=1S/C22H15F2NO3/c23-17-5-3-6-18(24)20(17)21(26)25-19-7-2-1-4-15(19)11-8-14-9-12-16(13-10-14)22(27)28/h1-13H,(H,25,26)(H,27,28). The number of nitrogens with one attached hydrogen (secondary N) is 1. The first-order valence-corrected chi connectivity index (χ1v) is 8.31. The Balaban J connectivity index is 1.83. The molecule has 6 heteroatoms. The lowest BCUT2D eigenvalue weighted by Gasteiger charge is -2.10. The Kier molecular flexibility index (Phi) is 5.60. The van der Waals surface area contributed by atoms with Crippen molar-refractivity contribution in [2.75, 3.05) is 5.32 Å². The van der Waals surface area contributed by atoms with Crippen LogP contribution in [0.4, 0.5) is 14.5 Å². The molecule has 0 saturated heterocycles. The molecule has 0 atom stereocenters. The highest BCUT2D eigenvalue weighted by Crippen LogP contribution is 2.21. The van der Waals surface area contributed by atoms with E-state index in [1.165, 1.54) is 18.2 Å². The first kappa shape index (κ1) is 19.0. The van der Waals surface area contributed by atoms with Crippen LogP contribution in [-0.2, 0) is 0 Å². The Morgan fingerprint density at radius 1 is 0.821 bits per heavy atom. The summed E-state index contributed by atoms with van der Waals surface area (Å²) in [7, 11) is 0. The Morgan fingerprint density at radius 3 is 2.11 bits per heavy atom. The van der Waals surface area contributed by atoms with Gasteiger partial charge in [-0.2, -0.15) is 0 Å². The molecule has 140 valence electrons. The smallest absolute Gasteiger partial charge is 0.335 e. The van der Waals surface area contributed by atoms with Crippen molar-refractivity contribution >= 4 is 29.7 Å². The predicted molar refractivity (Wildman–Crippen MR) is 103 cm³/mol. The van der Waals surface area contributed by atoms with Gasteiger partial charge >= 0.3 is 5.97 Å². The number of carboxylic acid groups (broad SMARTS) is 1. The molecule has 0 saturated carbocycles. The fourth-order valence-electron chi connectivity index (χ4n) is 2.58. The molecule has 0 heterocycles. The number of amides is 1. The van der Waals surface area contributed by atoms with Crippen molar-refractivity contribution in [1.29, 1.82) is 0 Å². The summed E-state index contributed by atoms with van der Waals surface area (Å²) in [5, 5.41) is 11.4. The molecule has 3 rings (SSSR count). The van der Waals surface area contributed by atoms with Crippen LogP contribution in [0.2, 0.25) is 0 Å². The lowest BCUT2D eigenvalue weighted by Crippen LogP contribution is -2.16. The molecular formula is C22H15F2NO3. The van der Waals surface area contributed by atoms with Gasteiger partial charge in [0.1, 0.15) is 17.2 Å². The van der Waals surface area contributed by atoms with E-state index in [0.717, 1.165) is 17.7 Å². The third-order valence-electron chi connectivity index (χ3n) is 4.01. The molecule has 28 heavy (non-hydrogen) atoms. The van der Waals surface area contributed by atoms with E-state index in [1.807, 2.05) is 0 Å². The van der Waals surface area contributed by atoms with Crippen LogP contribution in [0.15, 0.2) is 66.7 Å². The van der Waals surface area contributed by atoms with Crippen molar-refractivity contribution in [2.24, 2.45) is 0 Å². The van der Waals surface area contributed by atoms with Crippen LogP contribution in [-0.4, -0.2) is 17.0 Å². The van der Waals surface area contributed by atoms with Crippen LogP contribution in [0, 0.1) is 11.6 Å². The summed E-state index contributed by atoms with van der Waals surface area (Å²) < 4.78 is 27.6. The number of rotatable bonds is 5. The Morgan fingerprint density at radius 2 is 1.46 bits per heavy atom. The summed E-state index contributed by atoms with van der Waals surface area (Å²) in [5.74, 6) is -3.78. The molecule has 2 N–H and O–H groups in total. The van der Waals surface area contributed by atoms with Crippen LogP contribution in [0.3, 0.4) is 0 Å². The zero-order valence-electron chi connectivity index (χ0n) is 14.5. The topological polar surface area (TPSA) is 66.4 Å². The normalized spacial score (nSPS) is 10.8. The van der Waals surface area contributed by atoms with Crippen molar-refractivity contribution in [3.63, 3.8) is 0 Å². The van der Waals surface area contributed by atoms with E-state index in [-0.39, 0.29) is 5.56 Å². The van der Waals surface area contributed by atoms with Gasteiger partial charge in [-0.05, 0) is 41.5 Å². The Labute approximate surface area is 159 Å². The van der Waals surface area contributed by atoms with Gasteiger partial charge in [-0.25, -0.2) is 13.6 Å². The van der Waals surface area contributed by atoms with Gasteiger partial charge in [0.2, 0.25) is 0 Å². The number of hydrogen-bond donors (Lipinski definition) is 2. The van der Waals surface area contributed by atoms with Crippen LogP contribution in [0.1, 0.15) is 31.8 Å². The number of hydrogen-bond acceptors (Lipinski definition) is 2. The summed E-state index contributed by atoms with van der Waals surface area (Å²) in [6.07, 6.45) is 3.45. The molecule has 0 bridgehead atoms. The SMILES string of the molecule is O=C(O)c1ccc(C=Cc2ccccc2NC(=O)c2c(F)cccc2F)cc1. The first-order chi connectivity index (χ1) is 13.5. The molecule has 0 fully saturated rings. The van der Waals surface area contributed by atoms with Gasteiger partial charge in [0.05, 0.1) is 5.56 Å². The number of carbonyl (C=O) groups excluding carboxylic acids is 1. The van der Waals surface area contributed by atoms with E-state index in [0.29, 0.717) is 11.3 Å². The summed E-state index contributed by atoms with van der Waals surface area (Å²) in [4.78, 5) is 23.2. The summed E-state index contributed by atoms with van der Waals surface area (Å²) in [6.45, 7) is 0. The van der Waals surface area contributed by atoms with Crippen molar-refractivity contribution < 1.29 is 23.5 Å². The second-order valence-electron chi connectivity index (χ2n) is 5.90. The highest BCUT2D eigenvalue weighted by molar-refractivity contribution is 6.05. The lowest BCUT2D eigenvalue weighted by atomic mass is 10.1. The highest BCUT2D eigenvalue weighted by atomic mass is 19.1. The van der Waals surface area contributed by atoms with Crippen LogP contribution in [0.5, 0.6) is 0 Å². The fraction of sp³-hybridized carbons (Fsp3) is 0. The molecule has 1 amide bonds. The third-order valence-corrected chi connectivity index (χ3v) is 4.01. The average molecular weight is 379 g/mol. The second-order valence-corrected chi connectivity index (χ2v) is 5.90. The molecule has 0 aliphatic rings. The molecule has 0 aliphatic carbocycles. The number of carbonyl (C=O) groups is 2. The second kappa shape index (κ2) is 8.26. The summed E-state index contributed by atoms with van der Waals surface area (Å²) >= 11 is 0. The van der Waals surface area contributed by atoms with Gasteiger partial charge in [0, 0.05) is 5.69 Å². The lowest BCUT2D eigenvalue weighted by molar-refractivity contribution is 0.0696. The molecule has 0 spiro atoms. The number of carboxylic acids is 1. The van der Waals surface area contributed by atoms with E-state index in [4.69, 9.17) is 5.11 Å². The maximum Gasteiger partial charge on any atom is 0.335 e. The molecule has 0 aliphatic heterocycles. The fourth-order valence-corrected chi connectivity index (χ4v) is 2.58. The molecular weight excluding hydrogens is 364 g/mol. The molecule has 0 unspecified atom stereocenters. The molecule has 0 radical (unpaired) electrons. The predicted octanol–water partition coefficient (Wildman–Crippen LogP) is 5.09. The van der Waals surface area contributed by atoms with Crippen LogP contribution < -0.4 is 5.32 Å². The first-order valence-electron chi connectivity index (χ1n) is 8.31. The highest BCUT2D eigenvalue weighted by Gasteiger charge is 2.17. The third kappa shape index (κ3) is 4.29. The number of para-hydroxylation sites is 1. The van der Waals surface area contributed by atoms with E-state index in [9.17, 15) is 18.4 Å². The van der Waals surface area contributed by atoms with Crippen molar-refractivity contribution in [3.05, 3.63) is 101 Å². The van der Waals surface area contributed by atoms with Gasteiger partial charge in [0.15, 0.2) is 0 Å². The number of benzene rings is 3. The van der Waals surface area contributed by atoms with E-state index in [1.54, 1.807) is 48.6 Å². The minimum atomic E-state index is -1.01. The Bertz CT molecular complexity index is 1040. The van der Waals surface area contributed by atoms with Gasteiger partial charge < -0.3 is 10.4 Å². The summed E-state index contributed by atoms with van der Waals surface area (Å²) in [6, 6.07) is 16.3. The summed E-state index contributed by atoms with van der Waals surface area (Å²) in [5.41, 5.74) is 1.29. The molecule has 4 nitrogen and oxygen atoms in total.